The van der Waals surface area contributed by atoms with Gasteiger partial charge in [0.2, 0.25) is 0 Å². The third kappa shape index (κ3) is 3.96. The molecule has 0 bridgehead atoms. The number of rotatable bonds is 4. The molecule has 0 radical (unpaired) electrons. The number of ether oxygens (including phenoxy) is 1. The van der Waals surface area contributed by atoms with Gasteiger partial charge in [-0.1, -0.05) is 15.9 Å². The Morgan fingerprint density at radius 3 is 2.55 bits per heavy atom. The van der Waals surface area contributed by atoms with Gasteiger partial charge >= 0.3 is 5.97 Å². The first kappa shape index (κ1) is 15.8. The van der Waals surface area contributed by atoms with Gasteiger partial charge in [0, 0.05) is 4.47 Å². The third-order valence-corrected chi connectivity index (χ3v) is 4.77. The summed E-state index contributed by atoms with van der Waals surface area (Å²) in [5, 5.41) is 19.4. The summed E-state index contributed by atoms with van der Waals surface area (Å²) in [7, 11) is 0. The molecule has 0 heterocycles. The van der Waals surface area contributed by atoms with Crippen LogP contribution in [0.2, 0.25) is 0 Å². The molecule has 0 saturated heterocycles. The number of halogens is 2. The Morgan fingerprint density at radius 1 is 1.35 bits per heavy atom. The predicted octanol–water partition coefficient (Wildman–Crippen LogP) is 3.60. The van der Waals surface area contributed by atoms with Crippen LogP contribution in [0, 0.1) is 5.92 Å². The summed E-state index contributed by atoms with van der Waals surface area (Å²) in [5.41, 5.74) is -0.932. The highest BCUT2D eigenvalue weighted by Gasteiger charge is 2.36. The summed E-state index contributed by atoms with van der Waals surface area (Å²) >= 11 is 6.77. The van der Waals surface area contributed by atoms with Gasteiger partial charge in [0.25, 0.3) is 0 Å². The van der Waals surface area contributed by atoms with Crippen molar-refractivity contribution in [3.8, 4) is 5.75 Å². The van der Waals surface area contributed by atoms with Crippen LogP contribution in [-0.4, -0.2) is 28.4 Å². The van der Waals surface area contributed by atoms with Gasteiger partial charge in [0.05, 0.1) is 16.0 Å². The molecule has 110 valence electrons. The number of hydrogen-bond donors (Lipinski definition) is 2. The quantitative estimate of drug-likeness (QED) is 0.800. The highest BCUT2D eigenvalue weighted by molar-refractivity contribution is 9.11. The molecule has 0 aromatic heterocycles. The summed E-state index contributed by atoms with van der Waals surface area (Å²) in [4.78, 5) is 10.9. The van der Waals surface area contributed by atoms with Gasteiger partial charge in [-0.2, -0.15) is 0 Å². The largest absolute Gasteiger partial charge is 0.489 e. The lowest BCUT2D eigenvalue weighted by molar-refractivity contribution is -0.145. The molecule has 0 unspecified atom stereocenters. The number of aliphatic hydroxyl groups is 1. The number of carboxylic acids is 1. The zero-order chi connectivity index (χ0) is 14.8. The molecular weight excluding hydrogens is 392 g/mol. The van der Waals surface area contributed by atoms with Gasteiger partial charge in [-0.05, 0) is 59.8 Å². The number of carbonyl (C=O) groups is 1. The molecule has 2 rings (SSSR count). The topological polar surface area (TPSA) is 66.8 Å². The fourth-order valence-electron chi connectivity index (χ4n) is 2.35. The SMILES string of the molecule is O=C(O)C1CCC(O)(COc2ccc(Br)cc2Br)CC1. The van der Waals surface area contributed by atoms with Crippen LogP contribution in [0.4, 0.5) is 0 Å². The van der Waals surface area contributed by atoms with Crippen molar-refractivity contribution in [2.75, 3.05) is 6.61 Å². The van der Waals surface area contributed by atoms with Crippen LogP contribution in [-0.2, 0) is 4.79 Å². The molecule has 1 saturated carbocycles. The first-order chi connectivity index (χ1) is 9.39. The van der Waals surface area contributed by atoms with Crippen LogP contribution in [0.1, 0.15) is 25.7 Å². The molecule has 1 fully saturated rings. The Labute approximate surface area is 134 Å². The number of aliphatic carboxylic acids is 1. The van der Waals surface area contributed by atoms with E-state index in [0.717, 1.165) is 8.95 Å². The van der Waals surface area contributed by atoms with Gasteiger partial charge in [-0.15, -0.1) is 0 Å². The number of hydrogen-bond acceptors (Lipinski definition) is 3. The van der Waals surface area contributed by atoms with E-state index in [4.69, 9.17) is 9.84 Å². The molecule has 1 aromatic carbocycles. The second-order valence-electron chi connectivity index (χ2n) is 5.20. The lowest BCUT2D eigenvalue weighted by Crippen LogP contribution is -2.41. The van der Waals surface area contributed by atoms with E-state index >= 15 is 0 Å². The van der Waals surface area contributed by atoms with Crippen molar-refractivity contribution in [3.05, 3.63) is 27.1 Å². The molecule has 20 heavy (non-hydrogen) atoms. The van der Waals surface area contributed by atoms with E-state index in [1.54, 1.807) is 0 Å². The summed E-state index contributed by atoms with van der Waals surface area (Å²) < 4.78 is 7.42. The van der Waals surface area contributed by atoms with Crippen LogP contribution in [0.25, 0.3) is 0 Å². The monoisotopic (exact) mass is 406 g/mol. The van der Waals surface area contributed by atoms with Crippen LogP contribution in [0.15, 0.2) is 27.1 Å². The molecule has 1 aromatic rings. The fourth-order valence-corrected chi connectivity index (χ4v) is 3.51. The average molecular weight is 408 g/mol. The van der Waals surface area contributed by atoms with E-state index in [1.165, 1.54) is 0 Å². The lowest BCUT2D eigenvalue weighted by Gasteiger charge is -2.34. The van der Waals surface area contributed by atoms with Crippen molar-refractivity contribution >= 4 is 37.8 Å². The standard InChI is InChI=1S/C14H16Br2O4/c15-10-1-2-12(11(16)7-10)20-8-14(19)5-3-9(4-6-14)13(17)18/h1-2,7,9,19H,3-6,8H2,(H,17,18). The Hall–Kier alpha value is -0.590. The van der Waals surface area contributed by atoms with Crippen LogP contribution < -0.4 is 4.74 Å². The Bertz CT molecular complexity index is 496. The molecule has 0 aliphatic heterocycles. The predicted molar refractivity (Wildman–Crippen MR) is 81.9 cm³/mol. The first-order valence-corrected chi connectivity index (χ1v) is 8.01. The zero-order valence-electron chi connectivity index (χ0n) is 10.8. The zero-order valence-corrected chi connectivity index (χ0v) is 14.0. The number of carboxylic acid groups (broad SMARTS) is 1. The molecule has 2 N–H and O–H groups in total. The molecule has 0 spiro atoms. The van der Waals surface area contributed by atoms with Gasteiger partial charge in [-0.3, -0.25) is 4.79 Å². The molecule has 1 aliphatic rings. The van der Waals surface area contributed by atoms with Crippen LogP contribution in [0.3, 0.4) is 0 Å². The molecule has 0 atom stereocenters. The minimum atomic E-state index is -0.932. The maximum absolute atomic E-state index is 10.9. The van der Waals surface area contributed by atoms with Gasteiger partial charge in [0.15, 0.2) is 0 Å². The molecule has 0 amide bonds. The Balaban J connectivity index is 1.92. The Kier molecular flexibility index (Phi) is 5.09. The maximum Gasteiger partial charge on any atom is 0.306 e. The summed E-state index contributed by atoms with van der Waals surface area (Å²) in [6.07, 6.45) is 1.91. The minimum absolute atomic E-state index is 0.180. The maximum atomic E-state index is 10.9. The highest BCUT2D eigenvalue weighted by atomic mass is 79.9. The van der Waals surface area contributed by atoms with Gasteiger partial charge in [-0.25, -0.2) is 0 Å². The normalized spacial score (nSPS) is 26.2. The smallest absolute Gasteiger partial charge is 0.306 e. The van der Waals surface area contributed by atoms with E-state index in [2.05, 4.69) is 31.9 Å². The van der Waals surface area contributed by atoms with Gasteiger partial charge in [0.1, 0.15) is 12.4 Å². The van der Waals surface area contributed by atoms with E-state index in [0.29, 0.717) is 31.4 Å². The van der Waals surface area contributed by atoms with Crippen molar-refractivity contribution < 1.29 is 19.7 Å². The van der Waals surface area contributed by atoms with Crippen LogP contribution in [0.5, 0.6) is 5.75 Å². The average Bonchev–Trinajstić information content (AvgIpc) is 2.38. The molecule has 1 aliphatic carbocycles. The summed E-state index contributed by atoms with van der Waals surface area (Å²) in [5.74, 6) is -0.444. The number of benzene rings is 1. The van der Waals surface area contributed by atoms with Crippen molar-refractivity contribution in [3.63, 3.8) is 0 Å². The Morgan fingerprint density at radius 2 is 2.00 bits per heavy atom. The first-order valence-electron chi connectivity index (χ1n) is 6.43. The van der Waals surface area contributed by atoms with E-state index < -0.39 is 11.6 Å². The summed E-state index contributed by atoms with van der Waals surface area (Å²) in [6, 6.07) is 5.56. The van der Waals surface area contributed by atoms with Crippen molar-refractivity contribution in [2.45, 2.75) is 31.3 Å². The second-order valence-corrected chi connectivity index (χ2v) is 6.97. The fraction of sp³-hybridized carbons (Fsp3) is 0.500. The molecule has 6 heteroatoms. The van der Waals surface area contributed by atoms with Crippen molar-refractivity contribution in [1.29, 1.82) is 0 Å². The van der Waals surface area contributed by atoms with E-state index in [-0.39, 0.29) is 12.5 Å². The highest BCUT2D eigenvalue weighted by Crippen LogP contribution is 2.34. The molecule has 4 nitrogen and oxygen atoms in total. The van der Waals surface area contributed by atoms with E-state index in [1.807, 2.05) is 18.2 Å². The van der Waals surface area contributed by atoms with Crippen LogP contribution >= 0.6 is 31.9 Å². The summed E-state index contributed by atoms with van der Waals surface area (Å²) in [6.45, 7) is 0.180. The molecular formula is C14H16Br2O4. The third-order valence-electron chi connectivity index (χ3n) is 3.66. The lowest BCUT2D eigenvalue weighted by atomic mass is 9.79. The van der Waals surface area contributed by atoms with Crippen molar-refractivity contribution in [1.82, 2.24) is 0 Å². The van der Waals surface area contributed by atoms with Crippen molar-refractivity contribution in [2.24, 2.45) is 5.92 Å². The minimum Gasteiger partial charge on any atom is -0.489 e. The van der Waals surface area contributed by atoms with E-state index in [9.17, 15) is 9.90 Å². The van der Waals surface area contributed by atoms with Gasteiger partial charge < -0.3 is 14.9 Å². The second kappa shape index (κ2) is 6.45.